The molecule has 0 amide bonds. The first-order valence-electron chi connectivity index (χ1n) is 5.37. The third-order valence-electron chi connectivity index (χ3n) is 3.05. The van der Waals surface area contributed by atoms with Crippen molar-refractivity contribution < 1.29 is 4.79 Å². The predicted molar refractivity (Wildman–Crippen MR) is 70.5 cm³/mol. The maximum absolute atomic E-state index is 11.8. The van der Waals surface area contributed by atoms with Gasteiger partial charge in [0.25, 0.3) is 0 Å². The number of benzene rings is 1. The summed E-state index contributed by atoms with van der Waals surface area (Å²) in [6.07, 6.45) is 0.677. The van der Waals surface area contributed by atoms with Crippen LogP contribution in [0.25, 0.3) is 0 Å². The first-order valence-corrected chi connectivity index (χ1v) is 6.68. The SMILES string of the molecule is O=C1C(CCl)C(Cc2ccccc2)N(Cl)C1Cl. The van der Waals surface area contributed by atoms with E-state index in [0.29, 0.717) is 6.42 Å². The van der Waals surface area contributed by atoms with Crippen molar-refractivity contribution in [2.45, 2.75) is 18.0 Å². The average molecular weight is 293 g/mol. The summed E-state index contributed by atoms with van der Waals surface area (Å²) < 4.78 is 1.39. The molecule has 2 nitrogen and oxygen atoms in total. The van der Waals surface area contributed by atoms with E-state index in [-0.39, 0.29) is 23.6 Å². The maximum atomic E-state index is 11.8. The van der Waals surface area contributed by atoms with Gasteiger partial charge in [0, 0.05) is 11.9 Å². The molecule has 1 aliphatic heterocycles. The fourth-order valence-electron chi connectivity index (χ4n) is 2.09. The Kier molecular flexibility index (Phi) is 4.31. The number of rotatable bonds is 3. The zero-order chi connectivity index (χ0) is 12.4. The van der Waals surface area contributed by atoms with Crippen molar-refractivity contribution in [2.24, 2.45) is 5.92 Å². The van der Waals surface area contributed by atoms with Gasteiger partial charge in [0.05, 0.1) is 5.92 Å². The first kappa shape index (κ1) is 13.2. The van der Waals surface area contributed by atoms with Crippen LogP contribution in [0.3, 0.4) is 0 Å². The maximum Gasteiger partial charge on any atom is 0.172 e. The molecule has 3 atom stereocenters. The van der Waals surface area contributed by atoms with Crippen LogP contribution >= 0.6 is 35.0 Å². The Morgan fingerprint density at radius 1 is 1.24 bits per heavy atom. The van der Waals surface area contributed by atoms with Crippen molar-refractivity contribution in [2.75, 3.05) is 5.88 Å². The largest absolute Gasteiger partial charge is 0.296 e. The number of halogens is 3. The van der Waals surface area contributed by atoms with Crippen LogP contribution in [0, 0.1) is 5.92 Å². The van der Waals surface area contributed by atoms with Crippen molar-refractivity contribution in [1.29, 1.82) is 0 Å². The van der Waals surface area contributed by atoms with Crippen molar-refractivity contribution in [3.8, 4) is 0 Å². The number of carbonyl (C=O) groups excluding carboxylic acids is 1. The molecule has 0 saturated carbocycles. The molecular weight excluding hydrogens is 280 g/mol. The van der Waals surface area contributed by atoms with Gasteiger partial charge >= 0.3 is 0 Å². The molecule has 0 radical (unpaired) electrons. The van der Waals surface area contributed by atoms with Crippen LogP contribution < -0.4 is 0 Å². The third-order valence-corrected chi connectivity index (χ3v) is 4.36. The van der Waals surface area contributed by atoms with Crippen LogP contribution in [0.4, 0.5) is 0 Å². The van der Waals surface area contributed by atoms with Crippen LogP contribution in [0.2, 0.25) is 0 Å². The first-order chi connectivity index (χ1) is 8.15. The lowest BCUT2D eigenvalue weighted by Gasteiger charge is -2.21. The van der Waals surface area contributed by atoms with E-state index >= 15 is 0 Å². The van der Waals surface area contributed by atoms with Gasteiger partial charge in [-0.05, 0) is 23.8 Å². The van der Waals surface area contributed by atoms with E-state index in [1.54, 1.807) is 0 Å². The molecule has 0 aromatic heterocycles. The highest BCUT2D eigenvalue weighted by Crippen LogP contribution is 2.33. The quantitative estimate of drug-likeness (QED) is 0.485. The number of hydrogen-bond donors (Lipinski definition) is 0. The van der Waals surface area contributed by atoms with Crippen LogP contribution in [-0.4, -0.2) is 27.6 Å². The molecule has 0 spiro atoms. The molecule has 3 unspecified atom stereocenters. The van der Waals surface area contributed by atoms with Crippen molar-refractivity contribution in [1.82, 2.24) is 4.42 Å². The molecule has 2 rings (SSSR count). The van der Waals surface area contributed by atoms with Crippen molar-refractivity contribution >= 4 is 40.8 Å². The minimum absolute atomic E-state index is 0.0856. The smallest absolute Gasteiger partial charge is 0.172 e. The van der Waals surface area contributed by atoms with Crippen molar-refractivity contribution in [3.05, 3.63) is 35.9 Å². The molecule has 1 heterocycles. The standard InChI is InChI=1S/C12H12Cl3NO/c13-7-9-10(16(15)12(14)11(9)17)6-8-4-2-1-3-5-8/h1-5,9-10,12H,6-7H2. The normalized spacial score (nSPS) is 29.8. The Hall–Kier alpha value is -0.280. The Morgan fingerprint density at radius 2 is 1.88 bits per heavy atom. The van der Waals surface area contributed by atoms with E-state index in [1.165, 1.54) is 4.42 Å². The summed E-state index contributed by atoms with van der Waals surface area (Å²) in [6, 6.07) is 9.73. The van der Waals surface area contributed by atoms with Gasteiger partial charge in [-0.1, -0.05) is 41.9 Å². The lowest BCUT2D eigenvalue weighted by atomic mass is 9.95. The molecule has 1 saturated heterocycles. The van der Waals surface area contributed by atoms with E-state index in [9.17, 15) is 4.79 Å². The summed E-state index contributed by atoms with van der Waals surface area (Å²) in [5.41, 5.74) is 0.353. The molecule has 0 aliphatic carbocycles. The Labute approximate surface area is 116 Å². The van der Waals surface area contributed by atoms with Gasteiger partial charge in [-0.25, -0.2) is 0 Å². The molecule has 0 N–H and O–H groups in total. The number of ketones is 1. The summed E-state index contributed by atoms with van der Waals surface area (Å²) in [7, 11) is 0. The number of alkyl halides is 2. The highest BCUT2D eigenvalue weighted by Gasteiger charge is 2.46. The van der Waals surface area contributed by atoms with Gasteiger partial charge in [0.1, 0.15) is 0 Å². The van der Waals surface area contributed by atoms with Gasteiger partial charge in [0.15, 0.2) is 11.3 Å². The second-order valence-electron chi connectivity index (χ2n) is 4.10. The summed E-state index contributed by atoms with van der Waals surface area (Å²) in [5, 5.41) is 0. The molecule has 0 bridgehead atoms. The average Bonchev–Trinajstić information content (AvgIpc) is 2.55. The second-order valence-corrected chi connectivity index (χ2v) is 5.21. The van der Waals surface area contributed by atoms with Crippen LogP contribution in [-0.2, 0) is 11.2 Å². The third kappa shape index (κ3) is 2.60. The summed E-state index contributed by atoms with van der Waals surface area (Å²) in [6.45, 7) is 0. The number of Topliss-reactive ketones (excluding diaryl/α,β-unsaturated/α-hetero) is 1. The molecule has 92 valence electrons. The van der Waals surface area contributed by atoms with E-state index in [1.807, 2.05) is 30.3 Å². The molecule has 1 aliphatic rings. The molecule has 5 heteroatoms. The fraction of sp³-hybridized carbons (Fsp3) is 0.417. The van der Waals surface area contributed by atoms with Crippen molar-refractivity contribution in [3.63, 3.8) is 0 Å². The lowest BCUT2D eigenvalue weighted by molar-refractivity contribution is -0.120. The molecule has 17 heavy (non-hydrogen) atoms. The highest BCUT2D eigenvalue weighted by molar-refractivity contribution is 6.36. The molecule has 1 aromatic carbocycles. The van der Waals surface area contributed by atoms with E-state index in [2.05, 4.69) is 0 Å². The number of nitrogens with zero attached hydrogens (tertiary/aromatic N) is 1. The zero-order valence-electron chi connectivity index (χ0n) is 9.02. The van der Waals surface area contributed by atoms with Gasteiger partial charge < -0.3 is 0 Å². The van der Waals surface area contributed by atoms with Crippen LogP contribution in [0.15, 0.2) is 30.3 Å². The van der Waals surface area contributed by atoms with Crippen LogP contribution in [0.1, 0.15) is 5.56 Å². The minimum Gasteiger partial charge on any atom is -0.296 e. The molecule has 1 fully saturated rings. The van der Waals surface area contributed by atoms with E-state index in [4.69, 9.17) is 35.0 Å². The van der Waals surface area contributed by atoms with E-state index in [0.717, 1.165) is 5.56 Å². The molecule has 1 aromatic rings. The van der Waals surface area contributed by atoms with E-state index < -0.39 is 5.50 Å². The zero-order valence-corrected chi connectivity index (χ0v) is 11.3. The van der Waals surface area contributed by atoms with Gasteiger partial charge in [0.2, 0.25) is 0 Å². The number of hydrogen-bond acceptors (Lipinski definition) is 2. The Bertz CT molecular complexity index is 398. The Morgan fingerprint density at radius 3 is 2.47 bits per heavy atom. The van der Waals surface area contributed by atoms with Gasteiger partial charge in [-0.3, -0.25) is 4.79 Å². The molecular formula is C12H12Cl3NO. The summed E-state index contributed by atoms with van der Waals surface area (Å²) in [5.74, 6) is -0.127. The van der Waals surface area contributed by atoms with Gasteiger partial charge in [-0.2, -0.15) is 4.42 Å². The van der Waals surface area contributed by atoms with Crippen LogP contribution in [0.5, 0.6) is 0 Å². The Balaban J connectivity index is 2.17. The van der Waals surface area contributed by atoms with Gasteiger partial charge in [-0.15, -0.1) is 11.6 Å². The second kappa shape index (κ2) is 5.57. The fourth-order valence-corrected chi connectivity index (χ4v) is 3.06. The minimum atomic E-state index is -0.769. The predicted octanol–water partition coefficient (Wildman–Crippen LogP) is 3.06. The topological polar surface area (TPSA) is 20.3 Å². The summed E-state index contributed by atoms with van der Waals surface area (Å²) in [4.78, 5) is 11.8. The lowest BCUT2D eigenvalue weighted by Crippen LogP contribution is -2.30. The number of carbonyl (C=O) groups is 1. The highest BCUT2D eigenvalue weighted by atomic mass is 35.5. The monoisotopic (exact) mass is 291 g/mol. The summed E-state index contributed by atoms with van der Waals surface area (Å²) >= 11 is 17.8.